The van der Waals surface area contributed by atoms with Crippen LogP contribution >= 0.6 is 0 Å². The third-order valence-electron chi connectivity index (χ3n) is 4.96. The minimum Gasteiger partial charge on any atom is -0.352 e. The number of benzene rings is 1. The second-order valence-corrected chi connectivity index (χ2v) is 7.17. The van der Waals surface area contributed by atoms with Crippen LogP contribution in [0.1, 0.15) is 45.1 Å². The third kappa shape index (κ3) is 6.16. The predicted molar refractivity (Wildman–Crippen MR) is 102 cm³/mol. The first-order valence-electron chi connectivity index (χ1n) is 9.35. The Labute approximate surface area is 151 Å². The number of rotatable bonds is 7. The Morgan fingerprint density at radius 3 is 2.52 bits per heavy atom. The molecule has 0 spiro atoms. The number of carbonyl (C=O) groups is 2. The normalized spacial score (nSPS) is 20.3. The summed E-state index contributed by atoms with van der Waals surface area (Å²) < 4.78 is 0. The van der Waals surface area contributed by atoms with Crippen molar-refractivity contribution < 1.29 is 9.59 Å². The van der Waals surface area contributed by atoms with Gasteiger partial charge in [-0.3, -0.25) is 14.5 Å². The van der Waals surface area contributed by atoms with Crippen LogP contribution in [0.15, 0.2) is 24.3 Å². The van der Waals surface area contributed by atoms with E-state index in [0.717, 1.165) is 24.1 Å². The van der Waals surface area contributed by atoms with Crippen LogP contribution in [0, 0.1) is 5.92 Å². The topological polar surface area (TPSA) is 61.4 Å². The maximum atomic E-state index is 12.2. The Balaban J connectivity index is 1.77. The fourth-order valence-corrected chi connectivity index (χ4v) is 3.47. The van der Waals surface area contributed by atoms with Gasteiger partial charge in [-0.05, 0) is 43.9 Å². The van der Waals surface area contributed by atoms with Gasteiger partial charge < -0.3 is 10.6 Å². The van der Waals surface area contributed by atoms with Crippen LogP contribution in [0.3, 0.4) is 0 Å². The van der Waals surface area contributed by atoms with E-state index in [1.165, 1.54) is 19.3 Å². The number of hydrogen-bond acceptors (Lipinski definition) is 3. The lowest BCUT2D eigenvalue weighted by molar-refractivity contribution is -0.124. The Kier molecular flexibility index (Phi) is 7.44. The van der Waals surface area contributed by atoms with Crippen molar-refractivity contribution in [3.63, 3.8) is 0 Å². The van der Waals surface area contributed by atoms with Gasteiger partial charge in [-0.1, -0.05) is 44.9 Å². The zero-order valence-electron chi connectivity index (χ0n) is 15.7. The minimum atomic E-state index is -0.0952. The molecule has 2 amide bonds. The smallest absolute Gasteiger partial charge is 0.238 e. The van der Waals surface area contributed by atoms with Gasteiger partial charge >= 0.3 is 0 Å². The fraction of sp³-hybridized carbons (Fsp3) is 0.600. The molecular weight excluding hydrogens is 314 g/mol. The second kappa shape index (κ2) is 9.56. The zero-order chi connectivity index (χ0) is 18.2. The molecule has 1 fully saturated rings. The molecule has 0 unspecified atom stereocenters. The summed E-state index contributed by atoms with van der Waals surface area (Å²) in [4.78, 5) is 26.2. The number of likely N-dealkylation sites (N-methyl/N-ethyl adjacent to an activating group) is 1. The van der Waals surface area contributed by atoms with E-state index >= 15 is 0 Å². The van der Waals surface area contributed by atoms with Crippen LogP contribution in [-0.4, -0.2) is 42.9 Å². The van der Waals surface area contributed by atoms with Crippen LogP contribution in [0.2, 0.25) is 0 Å². The van der Waals surface area contributed by atoms with Crippen molar-refractivity contribution in [2.75, 3.05) is 25.5 Å². The van der Waals surface area contributed by atoms with Crippen molar-refractivity contribution in [2.24, 2.45) is 5.92 Å². The van der Waals surface area contributed by atoms with Crippen molar-refractivity contribution in [3.05, 3.63) is 29.8 Å². The molecule has 0 saturated heterocycles. The molecule has 1 aliphatic carbocycles. The quantitative estimate of drug-likeness (QED) is 0.799. The van der Waals surface area contributed by atoms with E-state index in [4.69, 9.17) is 0 Å². The standard InChI is InChI=1S/C20H31N3O2/c1-4-16-10-6-8-12-18(16)22-20(25)14-23(3)13-19(24)21-17-11-7-5-9-15(17)2/h6,8,10,12,15,17H,4-5,7,9,11,13-14H2,1-3H3,(H,21,24)(H,22,25)/t15-,17-/m0/s1. The van der Waals surface area contributed by atoms with Crippen molar-refractivity contribution in [1.29, 1.82) is 0 Å². The highest BCUT2D eigenvalue weighted by Crippen LogP contribution is 2.23. The average molecular weight is 345 g/mol. The average Bonchev–Trinajstić information content (AvgIpc) is 2.57. The zero-order valence-corrected chi connectivity index (χ0v) is 15.7. The van der Waals surface area contributed by atoms with Gasteiger partial charge in [0, 0.05) is 11.7 Å². The molecule has 2 atom stereocenters. The predicted octanol–water partition coefficient (Wildman–Crippen LogP) is 2.81. The van der Waals surface area contributed by atoms with Gasteiger partial charge in [0.2, 0.25) is 11.8 Å². The Morgan fingerprint density at radius 2 is 1.80 bits per heavy atom. The monoisotopic (exact) mass is 345 g/mol. The van der Waals surface area contributed by atoms with Crippen molar-refractivity contribution in [2.45, 2.75) is 52.0 Å². The van der Waals surface area contributed by atoms with E-state index in [1.807, 2.05) is 24.3 Å². The summed E-state index contributed by atoms with van der Waals surface area (Å²) in [6, 6.07) is 8.08. The summed E-state index contributed by atoms with van der Waals surface area (Å²) in [7, 11) is 1.80. The van der Waals surface area contributed by atoms with E-state index in [1.54, 1.807) is 11.9 Å². The van der Waals surface area contributed by atoms with Crippen LogP contribution in [0.4, 0.5) is 5.69 Å². The number of amides is 2. The molecule has 0 bridgehead atoms. The molecule has 0 aromatic heterocycles. The molecule has 0 radical (unpaired) electrons. The van der Waals surface area contributed by atoms with Crippen LogP contribution < -0.4 is 10.6 Å². The summed E-state index contributed by atoms with van der Waals surface area (Å²) in [5, 5.41) is 6.07. The Hall–Kier alpha value is -1.88. The number of anilines is 1. The van der Waals surface area contributed by atoms with E-state index in [9.17, 15) is 9.59 Å². The van der Waals surface area contributed by atoms with E-state index in [2.05, 4.69) is 24.5 Å². The van der Waals surface area contributed by atoms with Gasteiger partial charge in [-0.2, -0.15) is 0 Å². The molecule has 2 N–H and O–H groups in total. The second-order valence-electron chi connectivity index (χ2n) is 7.17. The lowest BCUT2D eigenvalue weighted by Crippen LogP contribution is -2.46. The maximum absolute atomic E-state index is 12.2. The van der Waals surface area contributed by atoms with E-state index in [0.29, 0.717) is 5.92 Å². The Bertz CT molecular complexity index is 588. The fourth-order valence-electron chi connectivity index (χ4n) is 3.47. The third-order valence-corrected chi connectivity index (χ3v) is 4.96. The Morgan fingerprint density at radius 1 is 1.12 bits per heavy atom. The molecule has 138 valence electrons. The molecule has 25 heavy (non-hydrogen) atoms. The summed E-state index contributed by atoms with van der Waals surface area (Å²) in [5.74, 6) is 0.446. The number of nitrogens with zero attached hydrogens (tertiary/aromatic N) is 1. The molecule has 0 heterocycles. The summed E-state index contributed by atoms with van der Waals surface area (Å²) >= 11 is 0. The molecule has 5 nitrogen and oxygen atoms in total. The first kappa shape index (κ1) is 19.4. The van der Waals surface area contributed by atoms with Crippen LogP contribution in [0.25, 0.3) is 0 Å². The molecular formula is C20H31N3O2. The SMILES string of the molecule is CCc1ccccc1NC(=O)CN(C)CC(=O)N[C@H]1CCCC[C@@H]1C. The highest BCUT2D eigenvalue weighted by atomic mass is 16.2. The van der Waals surface area contributed by atoms with Crippen LogP contribution in [-0.2, 0) is 16.0 Å². The number of carbonyl (C=O) groups excluding carboxylic acids is 2. The maximum Gasteiger partial charge on any atom is 0.238 e. The lowest BCUT2D eigenvalue weighted by atomic mass is 9.86. The van der Waals surface area contributed by atoms with Crippen LogP contribution in [0.5, 0.6) is 0 Å². The van der Waals surface area contributed by atoms with Crippen molar-refractivity contribution >= 4 is 17.5 Å². The van der Waals surface area contributed by atoms with E-state index < -0.39 is 0 Å². The van der Waals surface area contributed by atoms with Crippen molar-refractivity contribution in [3.8, 4) is 0 Å². The molecule has 2 rings (SSSR count). The molecule has 5 heteroatoms. The first-order chi connectivity index (χ1) is 12.0. The number of hydrogen-bond donors (Lipinski definition) is 2. The molecule has 1 aromatic carbocycles. The highest BCUT2D eigenvalue weighted by Gasteiger charge is 2.23. The van der Waals surface area contributed by atoms with Gasteiger partial charge in [0.25, 0.3) is 0 Å². The van der Waals surface area contributed by atoms with Gasteiger partial charge in [0.15, 0.2) is 0 Å². The summed E-state index contributed by atoms with van der Waals surface area (Å²) in [6.07, 6.45) is 5.55. The minimum absolute atomic E-state index is 0.00279. The van der Waals surface area contributed by atoms with Gasteiger partial charge in [0.1, 0.15) is 0 Å². The van der Waals surface area contributed by atoms with Crippen molar-refractivity contribution in [1.82, 2.24) is 10.2 Å². The number of para-hydroxylation sites is 1. The lowest BCUT2D eigenvalue weighted by Gasteiger charge is -2.30. The van der Waals surface area contributed by atoms with E-state index in [-0.39, 0.29) is 30.9 Å². The highest BCUT2D eigenvalue weighted by molar-refractivity contribution is 5.93. The first-order valence-corrected chi connectivity index (χ1v) is 9.35. The molecule has 1 aromatic rings. The molecule has 1 saturated carbocycles. The largest absolute Gasteiger partial charge is 0.352 e. The van der Waals surface area contributed by atoms with Gasteiger partial charge in [-0.15, -0.1) is 0 Å². The molecule has 1 aliphatic rings. The van der Waals surface area contributed by atoms with Gasteiger partial charge in [-0.25, -0.2) is 0 Å². The molecule has 0 aliphatic heterocycles. The van der Waals surface area contributed by atoms with Gasteiger partial charge in [0.05, 0.1) is 13.1 Å². The number of nitrogens with one attached hydrogen (secondary N) is 2. The number of aryl methyl sites for hydroxylation is 1. The summed E-state index contributed by atoms with van der Waals surface area (Å²) in [5.41, 5.74) is 1.96. The summed E-state index contributed by atoms with van der Waals surface area (Å²) in [6.45, 7) is 4.71.